The standard InChI is InChI=1S/C21H24F2N4/c1-3-14-8-9-21(2,13-25-11-5-10-24)20-15(14)12-18(26-27-20)19-16(22)6-4-7-17(19)23/h4,6-7,12,14,25H,3,5,8-9,11,13H2,1-2H3/t14-,21+/m0/s1. The molecule has 1 aromatic heterocycles. The Kier molecular flexibility index (Phi) is 5.81. The summed E-state index contributed by atoms with van der Waals surface area (Å²) in [4.78, 5) is 0. The SMILES string of the molecule is CC[C@H]1CC[C@](C)(CNCCC#N)c2nnc(-c3c(F)cccc3F)cc21. The second kappa shape index (κ2) is 8.10. The number of rotatable bonds is 6. The fourth-order valence-electron chi connectivity index (χ4n) is 3.92. The summed E-state index contributed by atoms with van der Waals surface area (Å²) in [6.07, 6.45) is 3.35. The molecule has 2 atom stereocenters. The molecule has 27 heavy (non-hydrogen) atoms. The summed E-state index contributed by atoms with van der Waals surface area (Å²) in [5.41, 5.74) is 1.83. The van der Waals surface area contributed by atoms with Gasteiger partial charge in [0.15, 0.2) is 0 Å². The fraction of sp³-hybridized carbons (Fsp3) is 0.476. The van der Waals surface area contributed by atoms with Crippen LogP contribution in [0.15, 0.2) is 24.3 Å². The zero-order valence-electron chi connectivity index (χ0n) is 15.7. The van der Waals surface area contributed by atoms with Crippen molar-refractivity contribution in [2.45, 2.75) is 50.9 Å². The first-order valence-corrected chi connectivity index (χ1v) is 9.40. The molecule has 0 amide bonds. The van der Waals surface area contributed by atoms with E-state index < -0.39 is 11.6 Å². The van der Waals surface area contributed by atoms with Crippen LogP contribution in [0.2, 0.25) is 0 Å². The Morgan fingerprint density at radius 1 is 1.30 bits per heavy atom. The van der Waals surface area contributed by atoms with Crippen molar-refractivity contribution in [2.24, 2.45) is 0 Å². The van der Waals surface area contributed by atoms with Crippen LogP contribution in [0.25, 0.3) is 11.3 Å². The number of aromatic nitrogens is 2. The smallest absolute Gasteiger partial charge is 0.135 e. The molecule has 0 aliphatic heterocycles. The van der Waals surface area contributed by atoms with Crippen molar-refractivity contribution in [3.63, 3.8) is 0 Å². The highest BCUT2D eigenvalue weighted by Gasteiger charge is 2.37. The lowest BCUT2D eigenvalue weighted by Crippen LogP contribution is -2.40. The van der Waals surface area contributed by atoms with Gasteiger partial charge in [0.05, 0.1) is 23.0 Å². The highest BCUT2D eigenvalue weighted by molar-refractivity contribution is 5.62. The molecule has 0 unspecified atom stereocenters. The van der Waals surface area contributed by atoms with Crippen LogP contribution >= 0.6 is 0 Å². The number of nitrogens with zero attached hydrogens (tertiary/aromatic N) is 3. The van der Waals surface area contributed by atoms with Crippen LogP contribution < -0.4 is 5.32 Å². The van der Waals surface area contributed by atoms with Crippen LogP contribution in [0.1, 0.15) is 56.7 Å². The molecule has 1 N–H and O–H groups in total. The molecule has 1 aliphatic rings. The largest absolute Gasteiger partial charge is 0.315 e. The van der Waals surface area contributed by atoms with E-state index in [1.165, 1.54) is 18.2 Å². The third-order valence-electron chi connectivity index (χ3n) is 5.52. The minimum atomic E-state index is -0.631. The lowest BCUT2D eigenvalue weighted by molar-refractivity contribution is 0.329. The molecule has 4 nitrogen and oxygen atoms in total. The van der Waals surface area contributed by atoms with Crippen molar-refractivity contribution in [1.82, 2.24) is 15.5 Å². The average Bonchev–Trinajstić information content (AvgIpc) is 2.66. The van der Waals surface area contributed by atoms with Gasteiger partial charge in [-0.2, -0.15) is 15.5 Å². The Bertz CT molecular complexity index is 841. The van der Waals surface area contributed by atoms with Crippen LogP contribution in [0, 0.1) is 23.0 Å². The normalized spacial score (nSPS) is 21.5. The Morgan fingerprint density at radius 2 is 2.04 bits per heavy atom. The summed E-state index contributed by atoms with van der Waals surface area (Å²) in [5.74, 6) is -0.959. The summed E-state index contributed by atoms with van der Waals surface area (Å²) < 4.78 is 28.4. The lowest BCUT2D eigenvalue weighted by atomic mass is 9.69. The number of benzene rings is 1. The molecule has 0 saturated carbocycles. The maximum atomic E-state index is 14.2. The van der Waals surface area contributed by atoms with E-state index in [0.29, 0.717) is 25.4 Å². The van der Waals surface area contributed by atoms with Gasteiger partial charge in [0.25, 0.3) is 0 Å². The number of nitriles is 1. The highest BCUT2D eigenvalue weighted by atomic mass is 19.1. The van der Waals surface area contributed by atoms with E-state index in [4.69, 9.17) is 5.26 Å². The molecule has 3 rings (SSSR count). The number of hydrogen-bond donors (Lipinski definition) is 1. The summed E-state index contributed by atoms with van der Waals surface area (Å²) >= 11 is 0. The molecular weight excluding hydrogens is 346 g/mol. The first kappa shape index (κ1) is 19.4. The second-order valence-electron chi connectivity index (χ2n) is 7.42. The molecule has 0 saturated heterocycles. The van der Waals surface area contributed by atoms with Crippen molar-refractivity contribution in [1.29, 1.82) is 5.26 Å². The van der Waals surface area contributed by atoms with E-state index in [9.17, 15) is 8.78 Å². The van der Waals surface area contributed by atoms with E-state index >= 15 is 0 Å². The molecule has 1 aromatic carbocycles. The minimum absolute atomic E-state index is 0.123. The van der Waals surface area contributed by atoms with Crippen LogP contribution in [0.4, 0.5) is 8.78 Å². The summed E-state index contributed by atoms with van der Waals surface area (Å²) in [7, 11) is 0. The highest BCUT2D eigenvalue weighted by Crippen LogP contribution is 2.43. The van der Waals surface area contributed by atoms with Gasteiger partial charge in [-0.05, 0) is 48.9 Å². The first-order valence-electron chi connectivity index (χ1n) is 9.40. The molecular formula is C21H24F2N4. The quantitative estimate of drug-likeness (QED) is 0.762. The number of fused-ring (bicyclic) bond motifs is 1. The fourth-order valence-corrected chi connectivity index (χ4v) is 3.92. The van der Waals surface area contributed by atoms with Crippen molar-refractivity contribution in [3.8, 4) is 17.3 Å². The molecule has 0 spiro atoms. The molecule has 0 radical (unpaired) electrons. The van der Waals surface area contributed by atoms with Gasteiger partial charge in [0.1, 0.15) is 11.6 Å². The Morgan fingerprint density at radius 3 is 2.70 bits per heavy atom. The third kappa shape index (κ3) is 3.84. The van der Waals surface area contributed by atoms with Gasteiger partial charge in [-0.3, -0.25) is 0 Å². The number of halogens is 2. The van der Waals surface area contributed by atoms with Crippen molar-refractivity contribution in [3.05, 3.63) is 47.2 Å². The Labute approximate surface area is 158 Å². The summed E-state index contributed by atoms with van der Waals surface area (Å²) in [6, 6.07) is 7.76. The topological polar surface area (TPSA) is 61.6 Å². The van der Waals surface area contributed by atoms with Crippen LogP contribution in [-0.2, 0) is 5.41 Å². The van der Waals surface area contributed by atoms with Gasteiger partial charge in [-0.25, -0.2) is 8.78 Å². The average molecular weight is 370 g/mol. The predicted molar refractivity (Wildman–Crippen MR) is 100 cm³/mol. The van der Waals surface area contributed by atoms with Crippen LogP contribution in [0.3, 0.4) is 0 Å². The van der Waals surface area contributed by atoms with E-state index in [0.717, 1.165) is 30.5 Å². The number of hydrogen-bond acceptors (Lipinski definition) is 4. The molecule has 2 aromatic rings. The van der Waals surface area contributed by atoms with E-state index in [1.807, 2.05) is 6.07 Å². The molecule has 0 fully saturated rings. The first-order chi connectivity index (χ1) is 13.0. The maximum Gasteiger partial charge on any atom is 0.135 e. The Balaban J connectivity index is 2.00. The van der Waals surface area contributed by atoms with E-state index in [-0.39, 0.29) is 16.7 Å². The van der Waals surface area contributed by atoms with Crippen molar-refractivity contribution < 1.29 is 8.78 Å². The van der Waals surface area contributed by atoms with Gasteiger partial charge in [0.2, 0.25) is 0 Å². The molecule has 142 valence electrons. The van der Waals surface area contributed by atoms with Crippen LogP contribution in [0.5, 0.6) is 0 Å². The van der Waals surface area contributed by atoms with E-state index in [1.54, 1.807) is 0 Å². The van der Waals surface area contributed by atoms with Gasteiger partial charge in [-0.15, -0.1) is 0 Å². The van der Waals surface area contributed by atoms with Crippen molar-refractivity contribution >= 4 is 0 Å². The van der Waals surface area contributed by atoms with Crippen molar-refractivity contribution in [2.75, 3.05) is 13.1 Å². The van der Waals surface area contributed by atoms with Crippen LogP contribution in [-0.4, -0.2) is 23.3 Å². The van der Waals surface area contributed by atoms with Gasteiger partial charge in [0, 0.05) is 24.9 Å². The minimum Gasteiger partial charge on any atom is -0.315 e. The zero-order valence-corrected chi connectivity index (χ0v) is 15.7. The zero-order chi connectivity index (χ0) is 19.4. The van der Waals surface area contributed by atoms with E-state index in [2.05, 4.69) is 35.4 Å². The Hall–Kier alpha value is -2.39. The molecule has 1 aliphatic carbocycles. The molecule has 1 heterocycles. The molecule has 0 bridgehead atoms. The third-order valence-corrected chi connectivity index (χ3v) is 5.52. The molecule has 6 heteroatoms. The summed E-state index contributed by atoms with van der Waals surface area (Å²) in [6.45, 7) is 5.58. The second-order valence-corrected chi connectivity index (χ2v) is 7.42. The predicted octanol–water partition coefficient (Wildman–Crippen LogP) is 4.47. The van der Waals surface area contributed by atoms with Gasteiger partial charge in [-0.1, -0.05) is 19.9 Å². The van der Waals surface area contributed by atoms with Gasteiger partial charge >= 0.3 is 0 Å². The monoisotopic (exact) mass is 370 g/mol. The summed E-state index contributed by atoms with van der Waals surface area (Å²) in [5, 5.41) is 20.6. The number of nitrogens with one attached hydrogen (secondary N) is 1. The van der Waals surface area contributed by atoms with Gasteiger partial charge < -0.3 is 5.32 Å². The lowest BCUT2D eigenvalue weighted by Gasteiger charge is -2.38. The maximum absolute atomic E-state index is 14.2.